The molecule has 0 bridgehead atoms. The Balaban J connectivity index is 2.20. The third-order valence-electron chi connectivity index (χ3n) is 2.19. The number of rotatable bonds is 3. The van der Waals surface area contributed by atoms with Gasteiger partial charge in [-0.3, -0.25) is 0 Å². The molecule has 0 aliphatic heterocycles. The first-order valence-corrected chi connectivity index (χ1v) is 4.71. The zero-order valence-corrected chi connectivity index (χ0v) is 7.73. The molecule has 13 heavy (non-hydrogen) atoms. The summed E-state index contributed by atoms with van der Waals surface area (Å²) in [6.45, 7) is 1.76. The number of hydrogen-bond donors (Lipinski definition) is 1. The molecule has 0 heterocycles. The molecular formula is C11H14O2. The lowest BCUT2D eigenvalue weighted by Crippen LogP contribution is -2.01. The first kappa shape index (κ1) is 8.57. The van der Waals surface area contributed by atoms with Crippen LogP contribution in [0.25, 0.3) is 0 Å². The molecule has 70 valence electrons. The molecule has 1 unspecified atom stereocenters. The van der Waals surface area contributed by atoms with Crippen LogP contribution in [0.1, 0.15) is 31.4 Å². The second-order valence-corrected chi connectivity index (χ2v) is 3.53. The van der Waals surface area contributed by atoms with Crippen molar-refractivity contribution in [1.29, 1.82) is 0 Å². The van der Waals surface area contributed by atoms with Crippen LogP contribution in [-0.2, 0) is 0 Å². The van der Waals surface area contributed by atoms with E-state index in [1.807, 2.05) is 24.3 Å². The van der Waals surface area contributed by atoms with E-state index in [0.717, 1.165) is 24.2 Å². The molecule has 1 atom stereocenters. The molecule has 0 saturated heterocycles. The van der Waals surface area contributed by atoms with Crippen LogP contribution in [0, 0.1) is 0 Å². The zero-order chi connectivity index (χ0) is 9.26. The van der Waals surface area contributed by atoms with E-state index >= 15 is 0 Å². The van der Waals surface area contributed by atoms with Gasteiger partial charge in [0.15, 0.2) is 0 Å². The van der Waals surface area contributed by atoms with Gasteiger partial charge < -0.3 is 9.84 Å². The van der Waals surface area contributed by atoms with Gasteiger partial charge >= 0.3 is 0 Å². The maximum absolute atomic E-state index is 9.46. The minimum absolute atomic E-state index is 0.389. The summed E-state index contributed by atoms with van der Waals surface area (Å²) in [4.78, 5) is 0. The first-order valence-electron chi connectivity index (χ1n) is 4.71. The minimum atomic E-state index is -0.449. The van der Waals surface area contributed by atoms with Crippen LogP contribution < -0.4 is 4.74 Å². The van der Waals surface area contributed by atoms with Crippen molar-refractivity contribution in [3.63, 3.8) is 0 Å². The maximum atomic E-state index is 9.46. The lowest BCUT2D eigenvalue weighted by molar-refractivity contribution is 0.190. The topological polar surface area (TPSA) is 29.5 Å². The van der Waals surface area contributed by atoms with Gasteiger partial charge in [-0.25, -0.2) is 0 Å². The van der Waals surface area contributed by atoms with Gasteiger partial charge in [0, 0.05) is 5.56 Å². The molecule has 1 aromatic carbocycles. The standard InChI is InChI=1S/C11H14O2/c1-8(12)10-4-2-3-5-11(10)13-9-6-7-9/h2-5,8-9,12H,6-7H2,1H3. The van der Waals surface area contributed by atoms with Gasteiger partial charge in [0.1, 0.15) is 5.75 Å². The average molecular weight is 178 g/mol. The zero-order valence-electron chi connectivity index (χ0n) is 7.73. The summed E-state index contributed by atoms with van der Waals surface area (Å²) in [5, 5.41) is 9.46. The van der Waals surface area contributed by atoms with Gasteiger partial charge in [-0.2, -0.15) is 0 Å². The number of aliphatic hydroxyl groups excluding tert-OH is 1. The molecule has 1 saturated carbocycles. The number of para-hydroxylation sites is 1. The fourth-order valence-corrected chi connectivity index (χ4v) is 1.30. The van der Waals surface area contributed by atoms with E-state index in [-0.39, 0.29) is 0 Å². The van der Waals surface area contributed by atoms with Gasteiger partial charge in [-0.05, 0) is 25.8 Å². The Kier molecular flexibility index (Phi) is 2.23. The van der Waals surface area contributed by atoms with Crippen LogP contribution in [0.2, 0.25) is 0 Å². The molecule has 1 aliphatic carbocycles. The molecule has 1 aromatic rings. The Bertz CT molecular complexity index is 290. The van der Waals surface area contributed by atoms with E-state index in [0.29, 0.717) is 6.10 Å². The van der Waals surface area contributed by atoms with Crippen molar-refractivity contribution < 1.29 is 9.84 Å². The summed E-state index contributed by atoms with van der Waals surface area (Å²) in [5.74, 6) is 0.833. The van der Waals surface area contributed by atoms with Crippen LogP contribution >= 0.6 is 0 Å². The Morgan fingerprint density at radius 1 is 1.38 bits per heavy atom. The largest absolute Gasteiger partial charge is 0.490 e. The molecule has 1 fully saturated rings. The van der Waals surface area contributed by atoms with Crippen molar-refractivity contribution >= 4 is 0 Å². The van der Waals surface area contributed by atoms with Crippen LogP contribution in [0.3, 0.4) is 0 Å². The molecule has 0 amide bonds. The summed E-state index contributed by atoms with van der Waals surface area (Å²) < 4.78 is 5.66. The Morgan fingerprint density at radius 3 is 2.69 bits per heavy atom. The van der Waals surface area contributed by atoms with Crippen molar-refractivity contribution in [2.24, 2.45) is 0 Å². The lowest BCUT2D eigenvalue weighted by atomic mass is 10.1. The highest BCUT2D eigenvalue weighted by atomic mass is 16.5. The monoisotopic (exact) mass is 178 g/mol. The van der Waals surface area contributed by atoms with E-state index < -0.39 is 6.10 Å². The van der Waals surface area contributed by atoms with E-state index in [1.165, 1.54) is 0 Å². The Hall–Kier alpha value is -1.02. The summed E-state index contributed by atoms with van der Waals surface area (Å²) in [6, 6.07) is 7.67. The van der Waals surface area contributed by atoms with Crippen LogP contribution in [0.4, 0.5) is 0 Å². The van der Waals surface area contributed by atoms with Crippen molar-refractivity contribution in [1.82, 2.24) is 0 Å². The number of hydrogen-bond acceptors (Lipinski definition) is 2. The van der Waals surface area contributed by atoms with Crippen molar-refractivity contribution in [2.75, 3.05) is 0 Å². The summed E-state index contributed by atoms with van der Waals surface area (Å²) in [6.07, 6.45) is 2.23. The average Bonchev–Trinajstić information content (AvgIpc) is 2.89. The van der Waals surface area contributed by atoms with Crippen molar-refractivity contribution in [3.8, 4) is 5.75 Å². The number of benzene rings is 1. The SMILES string of the molecule is CC(O)c1ccccc1OC1CC1. The highest BCUT2D eigenvalue weighted by Gasteiger charge is 2.24. The predicted octanol–water partition coefficient (Wildman–Crippen LogP) is 2.28. The molecule has 2 rings (SSSR count). The third-order valence-corrected chi connectivity index (χ3v) is 2.19. The highest BCUT2D eigenvalue weighted by Crippen LogP contribution is 2.31. The first-order chi connectivity index (χ1) is 6.27. The van der Waals surface area contributed by atoms with E-state index in [9.17, 15) is 5.11 Å². The van der Waals surface area contributed by atoms with Gasteiger partial charge in [0.05, 0.1) is 12.2 Å². The highest BCUT2D eigenvalue weighted by molar-refractivity contribution is 5.35. The van der Waals surface area contributed by atoms with Crippen molar-refractivity contribution in [3.05, 3.63) is 29.8 Å². The minimum Gasteiger partial charge on any atom is -0.490 e. The van der Waals surface area contributed by atoms with Crippen molar-refractivity contribution in [2.45, 2.75) is 32.0 Å². The van der Waals surface area contributed by atoms with E-state index in [2.05, 4.69) is 0 Å². The predicted molar refractivity (Wildman–Crippen MR) is 50.7 cm³/mol. The lowest BCUT2D eigenvalue weighted by Gasteiger charge is -2.12. The summed E-state index contributed by atoms with van der Waals surface area (Å²) in [7, 11) is 0. The molecule has 0 spiro atoms. The van der Waals surface area contributed by atoms with Gasteiger partial charge in [0.2, 0.25) is 0 Å². The quantitative estimate of drug-likeness (QED) is 0.769. The van der Waals surface area contributed by atoms with E-state index in [1.54, 1.807) is 6.92 Å². The maximum Gasteiger partial charge on any atom is 0.125 e. The van der Waals surface area contributed by atoms with Crippen LogP contribution in [0.5, 0.6) is 5.75 Å². The van der Waals surface area contributed by atoms with Crippen LogP contribution in [-0.4, -0.2) is 11.2 Å². The molecule has 1 N–H and O–H groups in total. The fourth-order valence-electron chi connectivity index (χ4n) is 1.30. The molecular weight excluding hydrogens is 164 g/mol. The van der Waals surface area contributed by atoms with Gasteiger partial charge in [0.25, 0.3) is 0 Å². The molecule has 0 aromatic heterocycles. The van der Waals surface area contributed by atoms with Crippen LogP contribution in [0.15, 0.2) is 24.3 Å². The van der Waals surface area contributed by atoms with E-state index in [4.69, 9.17) is 4.74 Å². The normalized spacial score (nSPS) is 18.3. The smallest absolute Gasteiger partial charge is 0.125 e. The third kappa shape index (κ3) is 2.01. The molecule has 0 radical (unpaired) electrons. The summed E-state index contributed by atoms with van der Waals surface area (Å²) >= 11 is 0. The number of ether oxygens (including phenoxy) is 1. The Labute approximate surface area is 78.2 Å². The second kappa shape index (κ2) is 3.38. The Morgan fingerprint density at radius 2 is 2.08 bits per heavy atom. The molecule has 2 nitrogen and oxygen atoms in total. The second-order valence-electron chi connectivity index (χ2n) is 3.53. The number of aliphatic hydroxyl groups is 1. The summed E-state index contributed by atoms with van der Waals surface area (Å²) in [5.41, 5.74) is 0.884. The fraction of sp³-hybridized carbons (Fsp3) is 0.455. The molecule has 2 heteroatoms. The molecule has 1 aliphatic rings. The van der Waals surface area contributed by atoms with Gasteiger partial charge in [-0.15, -0.1) is 0 Å². The van der Waals surface area contributed by atoms with Gasteiger partial charge in [-0.1, -0.05) is 18.2 Å².